The molecule has 0 saturated heterocycles. The molecule has 1 aliphatic heterocycles. The number of ketones is 1. The largest absolute Gasteiger partial charge is 0.476 e. The molecule has 3 aromatic rings. The van der Waals surface area contributed by atoms with Gasteiger partial charge in [0.2, 0.25) is 0 Å². The number of hydrogen-bond donors (Lipinski definition) is 1. The normalized spacial score (nSPS) is 15.4. The molecule has 33 heavy (non-hydrogen) atoms. The Bertz CT molecular complexity index is 1340. The van der Waals surface area contributed by atoms with E-state index in [9.17, 15) is 18.0 Å². The lowest BCUT2D eigenvalue weighted by Gasteiger charge is -2.35. The summed E-state index contributed by atoms with van der Waals surface area (Å²) in [5, 5.41) is 3.04. The van der Waals surface area contributed by atoms with Gasteiger partial charge < -0.3 is 10.1 Å². The van der Waals surface area contributed by atoms with E-state index in [4.69, 9.17) is 16.3 Å². The quantitative estimate of drug-likeness (QED) is 0.540. The molecular formula is C24H21ClN2O5S. The number of nitrogens with zero attached hydrogens (tertiary/aromatic N) is 1. The first kappa shape index (κ1) is 22.8. The Hall–Kier alpha value is -3.36. The number of halogens is 1. The van der Waals surface area contributed by atoms with Crippen molar-refractivity contribution in [2.75, 3.05) is 16.2 Å². The number of aryl methyl sites for hydroxylation is 1. The fourth-order valence-electron chi connectivity index (χ4n) is 3.46. The van der Waals surface area contributed by atoms with Gasteiger partial charge in [-0.25, -0.2) is 8.42 Å². The fraction of sp³-hybridized carbons (Fsp3) is 0.167. The summed E-state index contributed by atoms with van der Waals surface area (Å²) in [7, 11) is -4.00. The van der Waals surface area contributed by atoms with E-state index in [1.807, 2.05) is 6.92 Å². The molecule has 170 valence electrons. The number of carbonyl (C=O) groups is 2. The predicted molar refractivity (Wildman–Crippen MR) is 127 cm³/mol. The standard InChI is InChI=1S/C24H21ClN2O5S/c1-15-6-9-20(10-7-15)33(30,31)27-14-23(32-22-11-8-18(25)13-21(22)27)24(29)26-19-5-3-4-17(12-19)16(2)28/h3-13,23H,14H2,1-2H3,(H,26,29)/t23-/m0/s1. The molecule has 4 rings (SSSR count). The molecule has 3 aromatic carbocycles. The summed E-state index contributed by atoms with van der Waals surface area (Å²) in [5.41, 5.74) is 2.03. The highest BCUT2D eigenvalue weighted by molar-refractivity contribution is 7.92. The number of sulfonamides is 1. The van der Waals surface area contributed by atoms with E-state index in [-0.39, 0.29) is 28.7 Å². The highest BCUT2D eigenvalue weighted by Gasteiger charge is 2.37. The van der Waals surface area contributed by atoms with Crippen LogP contribution in [0.1, 0.15) is 22.8 Å². The maximum Gasteiger partial charge on any atom is 0.267 e. The minimum atomic E-state index is -4.00. The Labute approximate surface area is 197 Å². The second-order valence-electron chi connectivity index (χ2n) is 7.69. The van der Waals surface area contributed by atoms with Gasteiger partial charge in [0, 0.05) is 16.3 Å². The number of fused-ring (bicyclic) bond motifs is 1. The first-order chi connectivity index (χ1) is 15.6. The molecule has 0 spiro atoms. The summed E-state index contributed by atoms with van der Waals surface area (Å²) < 4.78 is 33.9. The third-order valence-electron chi connectivity index (χ3n) is 5.23. The molecule has 0 saturated carbocycles. The third kappa shape index (κ3) is 4.72. The molecule has 0 unspecified atom stereocenters. The SMILES string of the molecule is CC(=O)c1cccc(NC(=O)[C@@H]2CN(S(=O)(=O)c3ccc(C)cc3)c3cc(Cl)ccc3O2)c1. The van der Waals surface area contributed by atoms with E-state index in [1.54, 1.807) is 42.5 Å². The number of rotatable bonds is 5. The van der Waals surface area contributed by atoms with Crippen molar-refractivity contribution in [1.82, 2.24) is 0 Å². The van der Waals surface area contributed by atoms with Gasteiger partial charge in [0.05, 0.1) is 17.1 Å². The van der Waals surface area contributed by atoms with Crippen molar-refractivity contribution in [2.45, 2.75) is 24.8 Å². The first-order valence-corrected chi connectivity index (χ1v) is 11.9. The van der Waals surface area contributed by atoms with E-state index in [0.717, 1.165) is 9.87 Å². The van der Waals surface area contributed by atoms with Gasteiger partial charge in [-0.3, -0.25) is 13.9 Å². The number of carbonyl (C=O) groups excluding carboxylic acids is 2. The smallest absolute Gasteiger partial charge is 0.267 e. The van der Waals surface area contributed by atoms with Crippen LogP contribution in [0.5, 0.6) is 5.75 Å². The van der Waals surface area contributed by atoms with Gasteiger partial charge in [-0.05, 0) is 56.3 Å². The fourth-order valence-corrected chi connectivity index (χ4v) is 5.10. The zero-order chi connectivity index (χ0) is 23.8. The Morgan fingerprint density at radius 3 is 2.48 bits per heavy atom. The number of nitrogens with one attached hydrogen (secondary N) is 1. The Morgan fingerprint density at radius 2 is 1.79 bits per heavy atom. The molecule has 1 atom stereocenters. The van der Waals surface area contributed by atoms with E-state index < -0.39 is 22.0 Å². The highest BCUT2D eigenvalue weighted by atomic mass is 35.5. The van der Waals surface area contributed by atoms with Crippen LogP contribution in [0.3, 0.4) is 0 Å². The molecule has 7 nitrogen and oxygen atoms in total. The number of anilines is 2. The second-order valence-corrected chi connectivity index (χ2v) is 9.99. The minimum Gasteiger partial charge on any atom is -0.476 e. The van der Waals surface area contributed by atoms with Gasteiger partial charge in [-0.15, -0.1) is 0 Å². The number of ether oxygens (including phenoxy) is 1. The van der Waals surface area contributed by atoms with Crippen LogP contribution in [0.4, 0.5) is 11.4 Å². The van der Waals surface area contributed by atoms with Crippen LogP contribution >= 0.6 is 11.6 Å². The van der Waals surface area contributed by atoms with Gasteiger partial charge in [-0.2, -0.15) is 0 Å². The van der Waals surface area contributed by atoms with Crippen molar-refractivity contribution in [3.63, 3.8) is 0 Å². The van der Waals surface area contributed by atoms with Crippen molar-refractivity contribution in [3.8, 4) is 5.75 Å². The van der Waals surface area contributed by atoms with Crippen LogP contribution in [0, 0.1) is 6.92 Å². The maximum absolute atomic E-state index is 13.5. The summed E-state index contributed by atoms with van der Waals surface area (Å²) in [6.07, 6.45) is -1.13. The van der Waals surface area contributed by atoms with Crippen LogP contribution < -0.4 is 14.4 Å². The van der Waals surface area contributed by atoms with Crippen molar-refractivity contribution >= 4 is 44.7 Å². The van der Waals surface area contributed by atoms with Crippen LogP contribution in [0.25, 0.3) is 0 Å². The van der Waals surface area contributed by atoms with Crippen LogP contribution in [0.2, 0.25) is 5.02 Å². The Balaban J connectivity index is 1.68. The molecule has 0 fully saturated rings. The summed E-state index contributed by atoms with van der Waals surface area (Å²) in [6.45, 7) is 3.05. The average molecular weight is 485 g/mol. The van der Waals surface area contributed by atoms with E-state index in [2.05, 4.69) is 5.32 Å². The van der Waals surface area contributed by atoms with E-state index in [0.29, 0.717) is 16.3 Å². The van der Waals surface area contributed by atoms with Crippen LogP contribution in [-0.4, -0.2) is 32.8 Å². The molecule has 1 amide bonds. The van der Waals surface area contributed by atoms with E-state index >= 15 is 0 Å². The van der Waals surface area contributed by atoms with Gasteiger partial charge >= 0.3 is 0 Å². The van der Waals surface area contributed by atoms with Gasteiger partial charge in [0.1, 0.15) is 5.75 Å². The number of benzene rings is 3. The van der Waals surface area contributed by atoms with Crippen LogP contribution in [-0.2, 0) is 14.8 Å². The predicted octanol–water partition coefficient (Wildman–Crippen LogP) is 4.45. The highest BCUT2D eigenvalue weighted by Crippen LogP contribution is 2.39. The lowest BCUT2D eigenvalue weighted by atomic mass is 10.1. The Kier molecular flexibility index (Phi) is 6.14. The molecule has 0 radical (unpaired) electrons. The van der Waals surface area contributed by atoms with Gasteiger partial charge in [-0.1, -0.05) is 41.4 Å². The van der Waals surface area contributed by atoms with Crippen LogP contribution in [0.15, 0.2) is 71.6 Å². The summed E-state index contributed by atoms with van der Waals surface area (Å²) in [4.78, 5) is 24.7. The summed E-state index contributed by atoms with van der Waals surface area (Å²) in [6, 6.07) is 17.5. The molecule has 1 aliphatic rings. The topological polar surface area (TPSA) is 92.8 Å². The second kappa shape index (κ2) is 8.88. The molecule has 9 heteroatoms. The van der Waals surface area contributed by atoms with E-state index in [1.165, 1.54) is 31.2 Å². The molecule has 0 bridgehead atoms. The summed E-state index contributed by atoms with van der Waals surface area (Å²) in [5.74, 6) is -0.458. The third-order valence-corrected chi connectivity index (χ3v) is 7.26. The van der Waals surface area contributed by atoms with Gasteiger partial charge in [0.15, 0.2) is 11.9 Å². The zero-order valence-corrected chi connectivity index (χ0v) is 19.5. The van der Waals surface area contributed by atoms with Crippen molar-refractivity contribution in [3.05, 3.63) is 82.9 Å². The van der Waals surface area contributed by atoms with Crippen molar-refractivity contribution < 1.29 is 22.7 Å². The summed E-state index contributed by atoms with van der Waals surface area (Å²) >= 11 is 6.12. The lowest BCUT2D eigenvalue weighted by molar-refractivity contribution is -0.122. The Morgan fingerprint density at radius 1 is 1.06 bits per heavy atom. The molecular weight excluding hydrogens is 464 g/mol. The molecule has 0 aliphatic carbocycles. The zero-order valence-electron chi connectivity index (χ0n) is 17.9. The van der Waals surface area contributed by atoms with Crippen molar-refractivity contribution in [2.24, 2.45) is 0 Å². The maximum atomic E-state index is 13.5. The average Bonchev–Trinajstić information content (AvgIpc) is 2.78. The number of Topliss-reactive ketones (excluding diaryl/α,β-unsaturated/α-hetero) is 1. The molecule has 1 N–H and O–H groups in total. The first-order valence-electron chi connectivity index (χ1n) is 10.1. The molecule has 1 heterocycles. The monoisotopic (exact) mass is 484 g/mol. The number of hydrogen-bond acceptors (Lipinski definition) is 5. The molecule has 0 aromatic heterocycles. The lowest BCUT2D eigenvalue weighted by Crippen LogP contribution is -2.48. The minimum absolute atomic E-state index is 0.0919. The van der Waals surface area contributed by atoms with Gasteiger partial charge in [0.25, 0.3) is 15.9 Å². The van der Waals surface area contributed by atoms with Crippen molar-refractivity contribution in [1.29, 1.82) is 0 Å². The number of amides is 1.